The van der Waals surface area contributed by atoms with Crippen LogP contribution in [0.3, 0.4) is 0 Å². The number of anilines is 1. The van der Waals surface area contributed by atoms with Gasteiger partial charge in [0.05, 0.1) is 0 Å². The number of nitrogens with one attached hydrogen (secondary N) is 2. The van der Waals surface area contributed by atoms with E-state index in [0.717, 1.165) is 11.3 Å². The number of rotatable bonds is 5. The molecular weight excluding hydrogens is 443 g/mol. The number of amides is 1. The molecule has 2 N–H and O–H groups in total. The molecule has 7 nitrogen and oxygen atoms in total. The molecule has 2 aromatic rings. The molecule has 1 amide bonds. The lowest BCUT2D eigenvalue weighted by Crippen LogP contribution is -2.55. The van der Waals surface area contributed by atoms with Crippen molar-refractivity contribution in [3.8, 4) is 0 Å². The Morgan fingerprint density at radius 1 is 1.11 bits per heavy atom. The molecule has 3 rings (SSSR count). The summed E-state index contributed by atoms with van der Waals surface area (Å²) in [6.07, 6.45) is 4.93. The van der Waals surface area contributed by atoms with Gasteiger partial charge in [-0.15, -0.1) is 24.8 Å². The fraction of sp³-hybridized carbons (Fsp3) is 0.353. The highest BCUT2D eigenvalue weighted by molar-refractivity contribution is 7.99. The first kappa shape index (κ1) is 24.6. The normalized spacial score (nSPS) is 15.6. The zero-order chi connectivity index (χ0) is 18.6. The van der Waals surface area contributed by atoms with E-state index in [1.54, 1.807) is 24.5 Å². The monoisotopic (exact) mass is 464 g/mol. The van der Waals surface area contributed by atoms with E-state index in [9.17, 15) is 13.2 Å². The van der Waals surface area contributed by atoms with E-state index in [-0.39, 0.29) is 37.7 Å². The summed E-state index contributed by atoms with van der Waals surface area (Å²) in [6.45, 7) is 0.995. The van der Waals surface area contributed by atoms with E-state index in [1.165, 1.54) is 11.8 Å². The van der Waals surface area contributed by atoms with Gasteiger partial charge < -0.3 is 10.6 Å². The highest BCUT2D eigenvalue weighted by atomic mass is 35.5. The Kier molecular flexibility index (Phi) is 9.16. The van der Waals surface area contributed by atoms with E-state index in [2.05, 4.69) is 20.6 Å². The molecule has 0 spiro atoms. The van der Waals surface area contributed by atoms with Crippen LogP contribution in [0.4, 0.5) is 5.69 Å². The molecule has 1 fully saturated rings. The SMILES string of the molecule is CS(=O)(=O)C1(C(=O)Nc2ccnc(Sc3ccccn3)c2)CCNCC1.Cl.Cl. The number of aromatic nitrogens is 2. The van der Waals surface area contributed by atoms with Gasteiger partial charge in [0, 0.05) is 24.3 Å². The molecule has 1 aliphatic heterocycles. The molecule has 154 valence electrons. The smallest absolute Gasteiger partial charge is 0.245 e. The second-order valence-corrected chi connectivity index (χ2v) is 9.49. The van der Waals surface area contributed by atoms with E-state index in [0.29, 0.717) is 23.8 Å². The number of hydrogen-bond acceptors (Lipinski definition) is 7. The predicted molar refractivity (Wildman–Crippen MR) is 115 cm³/mol. The summed E-state index contributed by atoms with van der Waals surface area (Å²) in [5.41, 5.74) is 0.519. The van der Waals surface area contributed by atoms with E-state index in [1.807, 2.05) is 18.2 Å². The summed E-state index contributed by atoms with van der Waals surface area (Å²) in [5, 5.41) is 7.32. The Hall–Kier alpha value is -1.39. The van der Waals surface area contributed by atoms with Crippen LogP contribution in [0.5, 0.6) is 0 Å². The zero-order valence-electron chi connectivity index (χ0n) is 15.1. The van der Waals surface area contributed by atoms with Crippen molar-refractivity contribution in [2.24, 2.45) is 0 Å². The van der Waals surface area contributed by atoms with E-state index in [4.69, 9.17) is 0 Å². The molecule has 28 heavy (non-hydrogen) atoms. The van der Waals surface area contributed by atoms with Crippen molar-refractivity contribution >= 4 is 58.0 Å². The number of hydrogen-bond donors (Lipinski definition) is 2. The minimum Gasteiger partial charge on any atom is -0.325 e. The number of sulfone groups is 1. The van der Waals surface area contributed by atoms with Crippen molar-refractivity contribution in [3.05, 3.63) is 42.7 Å². The van der Waals surface area contributed by atoms with Crippen LogP contribution in [0.1, 0.15) is 12.8 Å². The van der Waals surface area contributed by atoms with Gasteiger partial charge in [0.1, 0.15) is 10.1 Å². The Morgan fingerprint density at radius 2 is 1.79 bits per heavy atom. The molecule has 0 atom stereocenters. The van der Waals surface area contributed by atoms with E-state index >= 15 is 0 Å². The largest absolute Gasteiger partial charge is 0.325 e. The van der Waals surface area contributed by atoms with E-state index < -0.39 is 20.5 Å². The van der Waals surface area contributed by atoms with Crippen LogP contribution in [0, 0.1) is 0 Å². The predicted octanol–water partition coefficient (Wildman–Crippen LogP) is 2.58. The lowest BCUT2D eigenvalue weighted by molar-refractivity contribution is -0.119. The summed E-state index contributed by atoms with van der Waals surface area (Å²) in [7, 11) is -3.55. The van der Waals surface area contributed by atoms with Gasteiger partial charge in [-0.05, 0) is 50.2 Å². The summed E-state index contributed by atoms with van der Waals surface area (Å²) in [6, 6.07) is 8.95. The summed E-state index contributed by atoms with van der Waals surface area (Å²) >= 11 is 1.37. The molecular formula is C17H22Cl2N4O3S2. The highest BCUT2D eigenvalue weighted by Gasteiger charge is 2.48. The zero-order valence-corrected chi connectivity index (χ0v) is 18.4. The van der Waals surface area contributed by atoms with Gasteiger partial charge in [-0.2, -0.15) is 0 Å². The summed E-state index contributed by atoms with van der Waals surface area (Å²) < 4.78 is 23.3. The molecule has 0 aromatic carbocycles. The topological polar surface area (TPSA) is 101 Å². The average Bonchev–Trinajstić information content (AvgIpc) is 2.62. The first-order valence-electron chi connectivity index (χ1n) is 8.17. The molecule has 3 heterocycles. The quantitative estimate of drug-likeness (QED) is 0.700. The van der Waals surface area contributed by atoms with Crippen molar-refractivity contribution in [2.45, 2.75) is 27.6 Å². The molecule has 0 radical (unpaired) electrons. The molecule has 0 bridgehead atoms. The summed E-state index contributed by atoms with van der Waals surface area (Å²) in [5.74, 6) is -0.485. The maximum Gasteiger partial charge on any atom is 0.245 e. The Bertz CT molecular complexity index is 892. The molecule has 2 aromatic heterocycles. The highest BCUT2D eigenvalue weighted by Crippen LogP contribution is 2.30. The van der Waals surface area contributed by atoms with Crippen molar-refractivity contribution < 1.29 is 13.2 Å². The van der Waals surface area contributed by atoms with Gasteiger partial charge in [-0.25, -0.2) is 18.4 Å². The second-order valence-electron chi connectivity index (χ2n) is 6.12. The Balaban J connectivity index is 0.00000196. The van der Waals surface area contributed by atoms with Crippen LogP contribution in [0.25, 0.3) is 0 Å². The van der Waals surface area contributed by atoms with Crippen LogP contribution in [-0.4, -0.2) is 48.4 Å². The Morgan fingerprint density at radius 3 is 2.39 bits per heavy atom. The molecule has 1 aliphatic rings. The number of carbonyl (C=O) groups excluding carboxylic acids is 1. The number of pyridine rings is 2. The minimum atomic E-state index is -3.55. The van der Waals surface area contributed by atoms with Crippen LogP contribution in [-0.2, 0) is 14.6 Å². The van der Waals surface area contributed by atoms with Crippen LogP contribution >= 0.6 is 36.6 Å². The fourth-order valence-corrected chi connectivity index (χ4v) is 5.01. The van der Waals surface area contributed by atoms with Crippen LogP contribution < -0.4 is 10.6 Å². The molecule has 0 unspecified atom stereocenters. The lowest BCUT2D eigenvalue weighted by atomic mass is 9.96. The average molecular weight is 465 g/mol. The van der Waals surface area contributed by atoms with Gasteiger partial charge in [0.25, 0.3) is 0 Å². The first-order chi connectivity index (χ1) is 12.4. The van der Waals surface area contributed by atoms with Crippen molar-refractivity contribution in [3.63, 3.8) is 0 Å². The van der Waals surface area contributed by atoms with Gasteiger partial charge in [0.2, 0.25) is 5.91 Å². The molecule has 11 heteroatoms. The number of piperidine rings is 1. The summed E-state index contributed by atoms with van der Waals surface area (Å²) in [4.78, 5) is 21.3. The number of carbonyl (C=O) groups is 1. The van der Waals surface area contributed by atoms with Crippen LogP contribution in [0.2, 0.25) is 0 Å². The third kappa shape index (κ3) is 5.57. The van der Waals surface area contributed by atoms with Gasteiger partial charge in [-0.1, -0.05) is 17.8 Å². The van der Waals surface area contributed by atoms with Crippen molar-refractivity contribution in [1.82, 2.24) is 15.3 Å². The number of nitrogens with zero attached hydrogens (tertiary/aromatic N) is 2. The van der Waals surface area contributed by atoms with Crippen LogP contribution in [0.15, 0.2) is 52.8 Å². The Labute approximate surface area is 181 Å². The maximum absolute atomic E-state index is 12.8. The fourth-order valence-electron chi connectivity index (χ4n) is 2.90. The number of halogens is 2. The van der Waals surface area contributed by atoms with Crippen molar-refractivity contribution in [2.75, 3.05) is 24.7 Å². The standard InChI is InChI=1S/C17H20N4O3S2.2ClH/c1-26(23,24)17(6-10-18-11-7-17)16(22)21-13-5-9-20-15(12-13)25-14-4-2-3-8-19-14;;/h2-5,8-9,12,18H,6-7,10-11H2,1H3,(H,20,21,22);2*1H. The van der Waals surface area contributed by atoms with Gasteiger partial charge >= 0.3 is 0 Å². The molecule has 0 aliphatic carbocycles. The third-order valence-electron chi connectivity index (χ3n) is 4.37. The second kappa shape index (κ2) is 10.4. The lowest BCUT2D eigenvalue weighted by Gasteiger charge is -2.34. The first-order valence-corrected chi connectivity index (χ1v) is 10.9. The maximum atomic E-state index is 12.8. The third-order valence-corrected chi connectivity index (χ3v) is 7.27. The van der Waals surface area contributed by atoms with Crippen molar-refractivity contribution in [1.29, 1.82) is 0 Å². The molecule has 1 saturated heterocycles. The molecule has 0 saturated carbocycles. The van der Waals surface area contributed by atoms with Gasteiger partial charge in [0.15, 0.2) is 14.6 Å². The minimum absolute atomic E-state index is 0. The van der Waals surface area contributed by atoms with Gasteiger partial charge in [-0.3, -0.25) is 4.79 Å².